The van der Waals surface area contributed by atoms with Crippen molar-refractivity contribution in [2.45, 2.75) is 13.8 Å². The van der Waals surface area contributed by atoms with E-state index in [1.54, 1.807) is 12.1 Å². The number of benzene rings is 2. The van der Waals surface area contributed by atoms with E-state index in [0.29, 0.717) is 11.4 Å². The number of hydrogen-bond donors (Lipinski definition) is 1. The Bertz CT molecular complexity index is 723. The lowest BCUT2D eigenvalue weighted by Gasteiger charge is -2.12. The topological polar surface area (TPSA) is 59.0 Å². The van der Waals surface area contributed by atoms with Gasteiger partial charge < -0.3 is 10.5 Å². The quantitative estimate of drug-likeness (QED) is 0.825. The number of nitrogens with two attached hydrogens (primary N) is 1. The third-order valence-corrected chi connectivity index (χ3v) is 3.73. The molecule has 0 aromatic heterocycles. The van der Waals surface area contributed by atoms with E-state index < -0.39 is 5.82 Å². The van der Waals surface area contributed by atoms with Gasteiger partial charge in [0.1, 0.15) is 11.8 Å². The molecule has 2 aromatic rings. The third kappa shape index (κ3) is 2.61. The Morgan fingerprint density at radius 2 is 1.90 bits per heavy atom. The fourth-order valence-electron chi connectivity index (χ4n) is 1.74. The Labute approximate surface area is 124 Å². The molecular formula is C15H12BrFN2O. The van der Waals surface area contributed by atoms with Crippen molar-refractivity contribution in [1.29, 1.82) is 5.26 Å². The molecule has 0 saturated heterocycles. The van der Waals surface area contributed by atoms with Crippen molar-refractivity contribution in [2.24, 2.45) is 0 Å². The van der Waals surface area contributed by atoms with Gasteiger partial charge in [0.05, 0.1) is 10.0 Å². The van der Waals surface area contributed by atoms with Crippen LogP contribution in [0.15, 0.2) is 28.7 Å². The fourth-order valence-corrected chi connectivity index (χ4v) is 2.15. The molecule has 3 nitrogen and oxygen atoms in total. The predicted molar refractivity (Wildman–Crippen MR) is 79.2 cm³/mol. The van der Waals surface area contributed by atoms with Gasteiger partial charge >= 0.3 is 0 Å². The average Bonchev–Trinajstić information content (AvgIpc) is 2.41. The van der Waals surface area contributed by atoms with Crippen LogP contribution in [0, 0.1) is 31.0 Å². The highest BCUT2D eigenvalue weighted by molar-refractivity contribution is 9.10. The number of nitriles is 1. The minimum absolute atomic E-state index is 0.0585. The van der Waals surface area contributed by atoms with Gasteiger partial charge in [-0.1, -0.05) is 0 Å². The molecular weight excluding hydrogens is 323 g/mol. The lowest BCUT2D eigenvalue weighted by molar-refractivity contribution is 0.437. The number of aryl methyl sites for hydroxylation is 2. The monoisotopic (exact) mass is 334 g/mol. The third-order valence-electron chi connectivity index (χ3n) is 2.95. The minimum Gasteiger partial charge on any atom is -0.454 e. The smallest absolute Gasteiger partial charge is 0.181 e. The first-order valence-corrected chi connectivity index (χ1v) is 6.66. The number of anilines is 1. The zero-order chi connectivity index (χ0) is 14.9. The van der Waals surface area contributed by atoms with Crippen LogP contribution in [0.1, 0.15) is 16.7 Å². The summed E-state index contributed by atoms with van der Waals surface area (Å²) in [5.41, 5.74) is 8.36. The van der Waals surface area contributed by atoms with Gasteiger partial charge in [0.15, 0.2) is 11.6 Å². The summed E-state index contributed by atoms with van der Waals surface area (Å²) in [7, 11) is 0. The van der Waals surface area contributed by atoms with Crippen LogP contribution in [-0.2, 0) is 0 Å². The predicted octanol–water partition coefficient (Wildman–Crippen LogP) is 4.45. The van der Waals surface area contributed by atoms with Crippen LogP contribution < -0.4 is 10.5 Å². The molecule has 0 heterocycles. The first-order valence-electron chi connectivity index (χ1n) is 5.86. The van der Waals surface area contributed by atoms with Crippen LogP contribution in [-0.4, -0.2) is 0 Å². The van der Waals surface area contributed by atoms with Crippen molar-refractivity contribution in [3.05, 3.63) is 51.2 Å². The first-order chi connectivity index (χ1) is 9.43. The number of halogens is 2. The molecule has 0 aliphatic carbocycles. The molecule has 0 saturated carbocycles. The number of nitrogen functional groups attached to an aromatic ring is 1. The number of ether oxygens (including phenoxy) is 1. The molecule has 20 heavy (non-hydrogen) atoms. The normalized spacial score (nSPS) is 10.2. The van der Waals surface area contributed by atoms with Crippen LogP contribution in [0.3, 0.4) is 0 Å². The van der Waals surface area contributed by atoms with Gasteiger partial charge in [-0.2, -0.15) is 5.26 Å². The van der Waals surface area contributed by atoms with Crippen molar-refractivity contribution < 1.29 is 9.13 Å². The molecule has 5 heteroatoms. The Balaban J connectivity index is 2.44. The van der Waals surface area contributed by atoms with E-state index in [4.69, 9.17) is 15.7 Å². The largest absolute Gasteiger partial charge is 0.454 e. The molecule has 2 rings (SSSR count). The molecule has 0 fully saturated rings. The standard InChI is InChI=1S/C15H12BrFN2O/c1-8-6-13(9(2)5-11(8)19)20-12-4-3-10(7-18)14(16)15(12)17/h3-6H,19H2,1-2H3. The van der Waals surface area contributed by atoms with Crippen molar-refractivity contribution in [3.8, 4) is 17.6 Å². The molecule has 0 aliphatic rings. The molecule has 0 bridgehead atoms. The lowest BCUT2D eigenvalue weighted by atomic mass is 10.1. The molecule has 102 valence electrons. The van der Waals surface area contributed by atoms with E-state index in [9.17, 15) is 4.39 Å². The van der Waals surface area contributed by atoms with Gasteiger partial charge in [-0.15, -0.1) is 0 Å². The zero-order valence-electron chi connectivity index (χ0n) is 11.0. The summed E-state index contributed by atoms with van der Waals surface area (Å²) in [6.45, 7) is 3.69. The summed E-state index contributed by atoms with van der Waals surface area (Å²) in [5, 5.41) is 8.83. The number of nitrogens with zero attached hydrogens (tertiary/aromatic N) is 1. The van der Waals surface area contributed by atoms with E-state index in [-0.39, 0.29) is 15.8 Å². The maximum Gasteiger partial charge on any atom is 0.181 e. The average molecular weight is 335 g/mol. The summed E-state index contributed by atoms with van der Waals surface area (Å²) >= 11 is 3.05. The highest BCUT2D eigenvalue weighted by Crippen LogP contribution is 2.34. The van der Waals surface area contributed by atoms with Crippen LogP contribution in [0.4, 0.5) is 10.1 Å². The Morgan fingerprint density at radius 3 is 2.55 bits per heavy atom. The highest BCUT2D eigenvalue weighted by Gasteiger charge is 2.14. The van der Waals surface area contributed by atoms with Gasteiger partial charge in [0.25, 0.3) is 0 Å². The van der Waals surface area contributed by atoms with Gasteiger partial charge in [0.2, 0.25) is 0 Å². The van der Waals surface area contributed by atoms with Gasteiger partial charge in [0, 0.05) is 5.69 Å². The Hall–Kier alpha value is -2.06. The van der Waals surface area contributed by atoms with E-state index in [0.717, 1.165) is 11.1 Å². The van der Waals surface area contributed by atoms with Crippen molar-refractivity contribution in [2.75, 3.05) is 5.73 Å². The fraction of sp³-hybridized carbons (Fsp3) is 0.133. The molecule has 2 N–H and O–H groups in total. The maximum atomic E-state index is 14.1. The second-order valence-electron chi connectivity index (χ2n) is 4.43. The summed E-state index contributed by atoms with van der Waals surface area (Å²) in [6, 6.07) is 8.37. The molecule has 0 unspecified atom stereocenters. The van der Waals surface area contributed by atoms with Crippen LogP contribution in [0.25, 0.3) is 0 Å². The van der Waals surface area contributed by atoms with Crippen LogP contribution in [0.5, 0.6) is 11.5 Å². The van der Waals surface area contributed by atoms with Crippen molar-refractivity contribution in [3.63, 3.8) is 0 Å². The summed E-state index contributed by atoms with van der Waals surface area (Å²) in [5.74, 6) is -0.00622. The second kappa shape index (κ2) is 5.51. The zero-order valence-corrected chi connectivity index (χ0v) is 12.6. The van der Waals surface area contributed by atoms with E-state index in [1.807, 2.05) is 19.9 Å². The van der Waals surface area contributed by atoms with Crippen LogP contribution in [0.2, 0.25) is 0 Å². The van der Waals surface area contributed by atoms with E-state index in [2.05, 4.69) is 15.9 Å². The number of hydrogen-bond acceptors (Lipinski definition) is 3. The molecule has 0 aliphatic heterocycles. The van der Waals surface area contributed by atoms with E-state index >= 15 is 0 Å². The summed E-state index contributed by atoms with van der Waals surface area (Å²) in [4.78, 5) is 0. The maximum absolute atomic E-state index is 14.1. The number of rotatable bonds is 2. The van der Waals surface area contributed by atoms with Gasteiger partial charge in [-0.25, -0.2) is 4.39 Å². The second-order valence-corrected chi connectivity index (χ2v) is 5.22. The van der Waals surface area contributed by atoms with Crippen molar-refractivity contribution in [1.82, 2.24) is 0 Å². The van der Waals surface area contributed by atoms with Crippen molar-refractivity contribution >= 4 is 21.6 Å². The molecule has 0 amide bonds. The summed E-state index contributed by atoms with van der Waals surface area (Å²) in [6.07, 6.45) is 0. The Kier molecular flexibility index (Phi) is 3.96. The highest BCUT2D eigenvalue weighted by atomic mass is 79.9. The molecule has 0 atom stereocenters. The van der Waals surface area contributed by atoms with Gasteiger partial charge in [-0.05, 0) is 65.2 Å². The summed E-state index contributed by atoms with van der Waals surface area (Å²) < 4.78 is 19.8. The minimum atomic E-state index is -0.599. The van der Waals surface area contributed by atoms with E-state index in [1.165, 1.54) is 12.1 Å². The SMILES string of the molecule is Cc1cc(Oc2ccc(C#N)c(Br)c2F)c(C)cc1N. The van der Waals surface area contributed by atoms with Gasteiger partial charge in [-0.3, -0.25) is 0 Å². The Morgan fingerprint density at radius 1 is 1.20 bits per heavy atom. The molecule has 2 aromatic carbocycles. The molecule has 0 spiro atoms. The first kappa shape index (κ1) is 14.4. The van der Waals surface area contributed by atoms with Crippen LogP contribution >= 0.6 is 15.9 Å². The molecule has 0 radical (unpaired) electrons. The lowest BCUT2D eigenvalue weighted by Crippen LogP contribution is -1.96.